The van der Waals surface area contributed by atoms with Crippen LogP contribution in [0.25, 0.3) is 11.3 Å². The number of nitrogens with one attached hydrogen (secondary N) is 2. The second-order valence-corrected chi connectivity index (χ2v) is 8.12. The van der Waals surface area contributed by atoms with Crippen molar-refractivity contribution in [1.82, 2.24) is 9.97 Å². The van der Waals surface area contributed by atoms with Gasteiger partial charge in [0.15, 0.2) is 0 Å². The normalized spacial score (nSPS) is 17.7. The highest BCUT2D eigenvalue weighted by atomic mass is 15.1. The highest BCUT2D eigenvalue weighted by molar-refractivity contribution is 5.73. The molecule has 1 aliphatic rings. The van der Waals surface area contributed by atoms with E-state index in [1.807, 2.05) is 42.6 Å². The van der Waals surface area contributed by atoms with E-state index >= 15 is 0 Å². The van der Waals surface area contributed by atoms with Gasteiger partial charge in [0, 0.05) is 28.7 Å². The molecule has 0 fully saturated rings. The SMILES string of the molecule is Cc1cc2c(cc1-c1ccnc(Nc3ccccc3)n1)NC(C)(C)C[C@H]2C. The van der Waals surface area contributed by atoms with E-state index in [0.717, 1.165) is 23.4 Å². The van der Waals surface area contributed by atoms with E-state index in [1.54, 1.807) is 0 Å². The van der Waals surface area contributed by atoms with Gasteiger partial charge in [-0.15, -0.1) is 0 Å². The molecular formula is C23H26N4. The van der Waals surface area contributed by atoms with E-state index < -0.39 is 0 Å². The molecule has 0 aliphatic carbocycles. The van der Waals surface area contributed by atoms with Gasteiger partial charge < -0.3 is 10.6 Å². The molecule has 2 N–H and O–H groups in total. The number of hydrogen-bond donors (Lipinski definition) is 2. The van der Waals surface area contributed by atoms with Crippen LogP contribution in [0.5, 0.6) is 0 Å². The van der Waals surface area contributed by atoms with Crippen molar-refractivity contribution in [3.05, 3.63) is 65.9 Å². The number of hydrogen-bond acceptors (Lipinski definition) is 4. The van der Waals surface area contributed by atoms with E-state index in [0.29, 0.717) is 11.9 Å². The molecule has 1 aromatic heterocycles. The van der Waals surface area contributed by atoms with Crippen molar-refractivity contribution in [3.63, 3.8) is 0 Å². The van der Waals surface area contributed by atoms with Crippen molar-refractivity contribution < 1.29 is 0 Å². The summed E-state index contributed by atoms with van der Waals surface area (Å²) >= 11 is 0. The summed E-state index contributed by atoms with van der Waals surface area (Å²) in [6, 6.07) is 16.5. The molecule has 4 rings (SSSR count). The summed E-state index contributed by atoms with van der Waals surface area (Å²) in [5, 5.41) is 6.98. The third-order valence-corrected chi connectivity index (χ3v) is 5.18. The van der Waals surface area contributed by atoms with Crippen molar-refractivity contribution in [2.24, 2.45) is 0 Å². The summed E-state index contributed by atoms with van der Waals surface area (Å²) in [4.78, 5) is 9.13. The summed E-state index contributed by atoms with van der Waals surface area (Å²) in [5.41, 5.74) is 7.01. The number of para-hydroxylation sites is 1. The first-order chi connectivity index (χ1) is 12.9. The average molecular weight is 358 g/mol. The summed E-state index contributed by atoms with van der Waals surface area (Å²) < 4.78 is 0. The minimum absolute atomic E-state index is 0.102. The summed E-state index contributed by atoms with van der Waals surface area (Å²) in [6.45, 7) is 9.00. The van der Waals surface area contributed by atoms with Crippen LogP contribution in [0.1, 0.15) is 44.2 Å². The Hall–Kier alpha value is -2.88. The second kappa shape index (κ2) is 6.69. The van der Waals surface area contributed by atoms with Gasteiger partial charge in [-0.25, -0.2) is 9.97 Å². The highest BCUT2D eigenvalue weighted by Gasteiger charge is 2.29. The smallest absolute Gasteiger partial charge is 0.227 e. The molecule has 0 saturated heterocycles. The summed E-state index contributed by atoms with van der Waals surface area (Å²) in [6.07, 6.45) is 2.95. The lowest BCUT2D eigenvalue weighted by Gasteiger charge is -2.38. The Labute approximate surface area is 161 Å². The van der Waals surface area contributed by atoms with E-state index in [2.05, 4.69) is 55.4 Å². The Morgan fingerprint density at radius 3 is 2.67 bits per heavy atom. The Kier molecular flexibility index (Phi) is 4.34. The van der Waals surface area contributed by atoms with Crippen LogP contribution in [-0.2, 0) is 0 Å². The fourth-order valence-corrected chi connectivity index (χ4v) is 4.03. The number of fused-ring (bicyclic) bond motifs is 1. The zero-order valence-corrected chi connectivity index (χ0v) is 16.4. The maximum atomic E-state index is 4.75. The molecule has 2 aromatic carbocycles. The van der Waals surface area contributed by atoms with Crippen LogP contribution < -0.4 is 10.6 Å². The van der Waals surface area contributed by atoms with Crippen molar-refractivity contribution in [3.8, 4) is 11.3 Å². The topological polar surface area (TPSA) is 49.8 Å². The highest BCUT2D eigenvalue weighted by Crippen LogP contribution is 2.41. The lowest BCUT2D eigenvalue weighted by atomic mass is 9.80. The Bertz CT molecular complexity index is 963. The predicted molar refractivity (Wildman–Crippen MR) is 113 cm³/mol. The van der Waals surface area contributed by atoms with Crippen LogP contribution in [0.15, 0.2) is 54.7 Å². The summed E-state index contributed by atoms with van der Waals surface area (Å²) in [5.74, 6) is 1.15. The van der Waals surface area contributed by atoms with Crippen molar-refractivity contribution in [2.75, 3.05) is 10.6 Å². The molecule has 0 spiro atoms. The average Bonchev–Trinajstić information content (AvgIpc) is 2.62. The molecular weight excluding hydrogens is 332 g/mol. The summed E-state index contributed by atoms with van der Waals surface area (Å²) in [7, 11) is 0. The number of nitrogens with zero attached hydrogens (tertiary/aromatic N) is 2. The fraction of sp³-hybridized carbons (Fsp3) is 0.304. The van der Waals surface area contributed by atoms with Gasteiger partial charge in [-0.05, 0) is 68.5 Å². The van der Waals surface area contributed by atoms with Gasteiger partial charge >= 0.3 is 0 Å². The standard InChI is InChI=1S/C23H26N4/c1-15-12-18-16(2)14-23(3,4)27-21(18)13-19(15)20-10-11-24-22(26-20)25-17-8-6-5-7-9-17/h5-13,16,27H,14H2,1-4H3,(H,24,25,26)/t16-/m1/s1. The minimum atomic E-state index is 0.102. The molecule has 0 radical (unpaired) electrons. The molecule has 1 aliphatic heterocycles. The zero-order valence-electron chi connectivity index (χ0n) is 16.4. The van der Waals surface area contributed by atoms with Crippen molar-refractivity contribution in [2.45, 2.75) is 45.6 Å². The van der Waals surface area contributed by atoms with E-state index in [4.69, 9.17) is 4.98 Å². The zero-order chi connectivity index (χ0) is 19.0. The molecule has 0 unspecified atom stereocenters. The molecule has 138 valence electrons. The Morgan fingerprint density at radius 2 is 1.89 bits per heavy atom. The third kappa shape index (κ3) is 3.65. The predicted octanol–water partition coefficient (Wildman–Crippen LogP) is 5.89. The van der Waals surface area contributed by atoms with Gasteiger partial charge in [0.05, 0.1) is 5.69 Å². The molecule has 4 nitrogen and oxygen atoms in total. The number of aryl methyl sites for hydroxylation is 1. The largest absolute Gasteiger partial charge is 0.380 e. The van der Waals surface area contributed by atoms with Crippen LogP contribution in [0.3, 0.4) is 0 Å². The van der Waals surface area contributed by atoms with E-state index in [-0.39, 0.29) is 5.54 Å². The van der Waals surface area contributed by atoms with E-state index in [1.165, 1.54) is 16.8 Å². The molecule has 2 heterocycles. The minimum Gasteiger partial charge on any atom is -0.380 e. The Balaban J connectivity index is 1.71. The quantitative estimate of drug-likeness (QED) is 0.612. The van der Waals surface area contributed by atoms with Gasteiger partial charge in [0.2, 0.25) is 5.95 Å². The van der Waals surface area contributed by atoms with Gasteiger partial charge in [-0.3, -0.25) is 0 Å². The second-order valence-electron chi connectivity index (χ2n) is 8.12. The monoisotopic (exact) mass is 358 g/mol. The Morgan fingerprint density at radius 1 is 1.11 bits per heavy atom. The lowest BCUT2D eigenvalue weighted by Crippen LogP contribution is -2.36. The maximum Gasteiger partial charge on any atom is 0.227 e. The van der Waals surface area contributed by atoms with Gasteiger partial charge in [-0.1, -0.05) is 31.2 Å². The molecule has 0 amide bonds. The van der Waals surface area contributed by atoms with Crippen LogP contribution in [-0.4, -0.2) is 15.5 Å². The number of rotatable bonds is 3. The van der Waals surface area contributed by atoms with Crippen LogP contribution in [0, 0.1) is 6.92 Å². The van der Waals surface area contributed by atoms with Crippen molar-refractivity contribution >= 4 is 17.3 Å². The van der Waals surface area contributed by atoms with E-state index in [9.17, 15) is 0 Å². The number of benzene rings is 2. The number of aromatic nitrogens is 2. The van der Waals surface area contributed by atoms with Crippen LogP contribution >= 0.6 is 0 Å². The molecule has 0 saturated carbocycles. The first kappa shape index (κ1) is 17.5. The lowest BCUT2D eigenvalue weighted by molar-refractivity contribution is 0.454. The fourth-order valence-electron chi connectivity index (χ4n) is 4.03. The molecule has 4 heteroatoms. The van der Waals surface area contributed by atoms with Crippen LogP contribution in [0.4, 0.5) is 17.3 Å². The molecule has 0 bridgehead atoms. The molecule has 1 atom stereocenters. The van der Waals surface area contributed by atoms with Crippen molar-refractivity contribution in [1.29, 1.82) is 0 Å². The first-order valence-corrected chi connectivity index (χ1v) is 9.49. The van der Waals surface area contributed by atoms with Gasteiger partial charge in [0.25, 0.3) is 0 Å². The molecule has 3 aromatic rings. The first-order valence-electron chi connectivity index (χ1n) is 9.49. The van der Waals surface area contributed by atoms with Crippen LogP contribution in [0.2, 0.25) is 0 Å². The maximum absolute atomic E-state index is 4.75. The van der Waals surface area contributed by atoms with Gasteiger partial charge in [0.1, 0.15) is 0 Å². The number of anilines is 3. The third-order valence-electron chi connectivity index (χ3n) is 5.18. The van der Waals surface area contributed by atoms with Gasteiger partial charge in [-0.2, -0.15) is 0 Å². The molecule has 27 heavy (non-hydrogen) atoms.